The van der Waals surface area contributed by atoms with E-state index in [1.807, 2.05) is 80.6 Å². The lowest BCUT2D eigenvalue weighted by Gasteiger charge is -2.28. The lowest BCUT2D eigenvalue weighted by Crippen LogP contribution is -2.43. The monoisotopic (exact) mass is 486 g/mol. The first-order chi connectivity index (χ1) is 15.8. The third-order valence-electron chi connectivity index (χ3n) is 5.66. The molecule has 0 spiro atoms. The maximum absolute atomic E-state index is 11.1. The van der Waals surface area contributed by atoms with Crippen LogP contribution in [0.4, 0.5) is 0 Å². The summed E-state index contributed by atoms with van der Waals surface area (Å²) < 4.78 is 17.9. The van der Waals surface area contributed by atoms with Crippen LogP contribution in [0.1, 0.15) is 25.0 Å². The number of hydrogen-bond acceptors (Lipinski definition) is 4. The largest absolute Gasteiger partial charge is 0.390 e. The summed E-state index contributed by atoms with van der Waals surface area (Å²) in [5.74, 6) is -0.696. The van der Waals surface area contributed by atoms with Gasteiger partial charge in [0.1, 0.15) is 12.2 Å². The van der Waals surface area contributed by atoms with Gasteiger partial charge in [-0.1, -0.05) is 77.8 Å². The molecule has 3 unspecified atom stereocenters. The molecule has 1 fully saturated rings. The van der Waals surface area contributed by atoms with Gasteiger partial charge >= 0.3 is 0 Å². The van der Waals surface area contributed by atoms with Gasteiger partial charge in [0, 0.05) is 16.5 Å². The Bertz CT molecular complexity index is 1030. The summed E-state index contributed by atoms with van der Waals surface area (Å²) in [6, 6.07) is 23.4. The minimum atomic E-state index is -0.761. The van der Waals surface area contributed by atoms with Gasteiger partial charge in [-0.3, -0.25) is 0 Å². The van der Waals surface area contributed by atoms with Crippen LogP contribution >= 0.6 is 23.2 Å². The number of halogens is 2. The molecule has 3 aromatic rings. The smallest absolute Gasteiger partial charge is 0.163 e. The molecule has 0 radical (unpaired) electrons. The standard InChI is InChI=1S/C27H28Cl2O4/c1-27(2)32-17-25(33-27)26(31-16-19-6-4-3-5-7-19)24(30)12-18-8-10-20(11-9-18)21-13-22(28)15-23(29)14-21/h3-11,13-15,24-26,30H,12,16-17H2,1-2H3. The second kappa shape index (κ2) is 10.6. The van der Waals surface area contributed by atoms with Gasteiger partial charge in [-0.05, 0) is 54.3 Å². The molecule has 1 aliphatic heterocycles. The number of benzene rings is 3. The first-order valence-electron chi connectivity index (χ1n) is 11.0. The fraction of sp³-hybridized carbons (Fsp3) is 0.333. The third-order valence-corrected chi connectivity index (χ3v) is 6.09. The van der Waals surface area contributed by atoms with Gasteiger partial charge in [-0.2, -0.15) is 0 Å². The van der Waals surface area contributed by atoms with Crippen LogP contribution in [0.5, 0.6) is 0 Å². The Morgan fingerprint density at radius 1 is 0.939 bits per heavy atom. The molecule has 33 heavy (non-hydrogen) atoms. The fourth-order valence-electron chi connectivity index (χ4n) is 4.02. The highest BCUT2D eigenvalue weighted by Gasteiger charge is 2.41. The van der Waals surface area contributed by atoms with E-state index in [1.54, 1.807) is 6.07 Å². The third kappa shape index (κ3) is 6.57. The second-order valence-corrected chi connectivity index (χ2v) is 9.63. The number of hydrogen-bond donors (Lipinski definition) is 1. The van der Waals surface area contributed by atoms with Crippen molar-refractivity contribution >= 4 is 23.2 Å². The summed E-state index contributed by atoms with van der Waals surface area (Å²) in [5, 5.41) is 12.3. The molecule has 0 saturated carbocycles. The maximum atomic E-state index is 11.1. The lowest BCUT2D eigenvalue weighted by molar-refractivity contribution is -0.171. The zero-order chi connectivity index (χ0) is 23.4. The van der Waals surface area contributed by atoms with Crippen molar-refractivity contribution in [1.29, 1.82) is 0 Å². The quantitative estimate of drug-likeness (QED) is 0.405. The van der Waals surface area contributed by atoms with Crippen molar-refractivity contribution in [1.82, 2.24) is 0 Å². The molecule has 0 aromatic heterocycles. The van der Waals surface area contributed by atoms with Crippen LogP contribution in [-0.2, 0) is 27.2 Å². The highest BCUT2D eigenvalue weighted by atomic mass is 35.5. The predicted octanol–water partition coefficient (Wildman–Crippen LogP) is 6.30. The summed E-state index contributed by atoms with van der Waals surface area (Å²) in [5.41, 5.74) is 3.98. The molecule has 0 amide bonds. The van der Waals surface area contributed by atoms with Gasteiger partial charge in [-0.15, -0.1) is 0 Å². The highest BCUT2D eigenvalue weighted by molar-refractivity contribution is 6.35. The zero-order valence-electron chi connectivity index (χ0n) is 18.7. The minimum Gasteiger partial charge on any atom is -0.390 e. The molecular weight excluding hydrogens is 459 g/mol. The number of ether oxygens (including phenoxy) is 3. The van der Waals surface area contributed by atoms with Crippen LogP contribution in [0.3, 0.4) is 0 Å². The molecule has 1 N–H and O–H groups in total. The van der Waals surface area contributed by atoms with Gasteiger partial charge in [0.2, 0.25) is 0 Å². The van der Waals surface area contributed by atoms with Crippen molar-refractivity contribution in [3.63, 3.8) is 0 Å². The van der Waals surface area contributed by atoms with E-state index in [4.69, 9.17) is 37.4 Å². The Balaban J connectivity index is 1.46. The lowest BCUT2D eigenvalue weighted by atomic mass is 9.98. The molecule has 1 aliphatic rings. The van der Waals surface area contributed by atoms with E-state index < -0.39 is 18.0 Å². The van der Waals surface area contributed by atoms with Gasteiger partial charge < -0.3 is 19.3 Å². The molecule has 3 aromatic carbocycles. The van der Waals surface area contributed by atoms with E-state index in [0.29, 0.717) is 29.7 Å². The first-order valence-corrected chi connectivity index (χ1v) is 11.8. The molecule has 6 heteroatoms. The van der Waals surface area contributed by atoms with Crippen molar-refractivity contribution < 1.29 is 19.3 Å². The van der Waals surface area contributed by atoms with Crippen LogP contribution < -0.4 is 0 Å². The van der Waals surface area contributed by atoms with Crippen LogP contribution in [0, 0.1) is 0 Å². The molecule has 0 aliphatic carbocycles. The van der Waals surface area contributed by atoms with E-state index in [-0.39, 0.29) is 6.10 Å². The van der Waals surface area contributed by atoms with Crippen LogP contribution in [0.25, 0.3) is 11.1 Å². The molecular formula is C27H28Cl2O4. The molecule has 4 rings (SSSR count). The zero-order valence-corrected chi connectivity index (χ0v) is 20.2. The van der Waals surface area contributed by atoms with Gasteiger partial charge in [0.25, 0.3) is 0 Å². The topological polar surface area (TPSA) is 47.9 Å². The summed E-state index contributed by atoms with van der Waals surface area (Å²) >= 11 is 12.3. The van der Waals surface area contributed by atoms with E-state index in [2.05, 4.69) is 0 Å². The number of rotatable bonds is 8. The SMILES string of the molecule is CC1(C)OCC(C(OCc2ccccc2)C(O)Cc2ccc(-c3cc(Cl)cc(Cl)c3)cc2)O1. The summed E-state index contributed by atoms with van der Waals surface area (Å²) in [7, 11) is 0. The Morgan fingerprint density at radius 2 is 1.61 bits per heavy atom. The average Bonchev–Trinajstić information content (AvgIpc) is 3.14. The summed E-state index contributed by atoms with van der Waals surface area (Å²) in [6.07, 6.45) is -1.22. The summed E-state index contributed by atoms with van der Waals surface area (Å²) in [6.45, 7) is 4.50. The summed E-state index contributed by atoms with van der Waals surface area (Å²) in [4.78, 5) is 0. The Kier molecular flexibility index (Phi) is 7.75. The molecule has 174 valence electrons. The van der Waals surface area contributed by atoms with Crippen molar-refractivity contribution in [2.24, 2.45) is 0 Å². The van der Waals surface area contributed by atoms with Gasteiger partial charge in [0.15, 0.2) is 5.79 Å². The van der Waals surface area contributed by atoms with Crippen molar-refractivity contribution in [2.75, 3.05) is 6.61 Å². The van der Waals surface area contributed by atoms with Gasteiger partial charge in [0.05, 0.1) is 19.3 Å². The van der Waals surface area contributed by atoms with Crippen molar-refractivity contribution in [3.8, 4) is 11.1 Å². The average molecular weight is 487 g/mol. The Labute approximate surface area is 205 Å². The van der Waals surface area contributed by atoms with Crippen LogP contribution in [0.2, 0.25) is 10.0 Å². The van der Waals surface area contributed by atoms with Gasteiger partial charge in [-0.25, -0.2) is 0 Å². The Hall–Kier alpha value is -1.92. The van der Waals surface area contributed by atoms with Crippen molar-refractivity contribution in [2.45, 2.75) is 51.0 Å². The van der Waals surface area contributed by atoms with E-state index in [9.17, 15) is 5.11 Å². The van der Waals surface area contributed by atoms with Crippen LogP contribution in [-0.4, -0.2) is 35.8 Å². The number of aliphatic hydroxyl groups is 1. The number of aliphatic hydroxyl groups excluding tert-OH is 1. The first kappa shape index (κ1) is 24.2. The maximum Gasteiger partial charge on any atom is 0.163 e. The normalized spacial score (nSPS) is 19.4. The highest BCUT2D eigenvalue weighted by Crippen LogP contribution is 2.30. The minimum absolute atomic E-state index is 0.355. The predicted molar refractivity (Wildman–Crippen MR) is 132 cm³/mol. The molecule has 0 bridgehead atoms. The molecule has 1 saturated heterocycles. The molecule has 1 heterocycles. The molecule has 4 nitrogen and oxygen atoms in total. The Morgan fingerprint density at radius 3 is 2.21 bits per heavy atom. The van der Waals surface area contributed by atoms with E-state index in [0.717, 1.165) is 22.3 Å². The van der Waals surface area contributed by atoms with E-state index >= 15 is 0 Å². The van der Waals surface area contributed by atoms with Crippen LogP contribution in [0.15, 0.2) is 72.8 Å². The fourth-order valence-corrected chi connectivity index (χ4v) is 4.55. The van der Waals surface area contributed by atoms with Crippen molar-refractivity contribution in [3.05, 3.63) is 94.0 Å². The van der Waals surface area contributed by atoms with E-state index in [1.165, 1.54) is 0 Å². The second-order valence-electron chi connectivity index (χ2n) is 8.75. The molecule has 3 atom stereocenters.